The van der Waals surface area contributed by atoms with Gasteiger partial charge in [-0.2, -0.15) is 0 Å². The van der Waals surface area contributed by atoms with Crippen LogP contribution in [0.4, 0.5) is 0 Å². The van der Waals surface area contributed by atoms with E-state index in [4.69, 9.17) is 9.47 Å². The van der Waals surface area contributed by atoms with Gasteiger partial charge in [-0.15, -0.1) is 0 Å². The van der Waals surface area contributed by atoms with Crippen LogP contribution in [0.5, 0.6) is 0 Å². The van der Waals surface area contributed by atoms with Crippen LogP contribution in [0.3, 0.4) is 0 Å². The number of hydrogen-bond acceptors (Lipinski definition) is 2. The Labute approximate surface area is 124 Å². The summed E-state index contributed by atoms with van der Waals surface area (Å²) in [7, 11) is 3.43. The van der Waals surface area contributed by atoms with Crippen molar-refractivity contribution < 1.29 is 9.47 Å². The third-order valence-electron chi connectivity index (χ3n) is 1.72. The van der Waals surface area contributed by atoms with Crippen LogP contribution in [0.2, 0.25) is 0 Å². The predicted molar refractivity (Wildman–Crippen MR) is 90.0 cm³/mol. The molecule has 0 aliphatic carbocycles. The van der Waals surface area contributed by atoms with Crippen molar-refractivity contribution in [1.82, 2.24) is 0 Å². The SMILES string of the molecule is CCC.CCC(C)C.CCCOC.COCC(C)C. The molecule has 0 aromatic rings. The Hall–Kier alpha value is -0.0800. The average molecular weight is 279 g/mol. The zero-order valence-electron chi connectivity index (χ0n) is 15.5. The normalized spacial score (nSPS) is 8.84. The van der Waals surface area contributed by atoms with Gasteiger partial charge >= 0.3 is 0 Å². The van der Waals surface area contributed by atoms with Crippen molar-refractivity contribution >= 4 is 0 Å². The first-order valence-electron chi connectivity index (χ1n) is 7.85. The van der Waals surface area contributed by atoms with E-state index in [0.717, 1.165) is 25.6 Å². The van der Waals surface area contributed by atoms with Crippen LogP contribution in [-0.2, 0) is 9.47 Å². The van der Waals surface area contributed by atoms with Gasteiger partial charge in [-0.3, -0.25) is 0 Å². The Morgan fingerprint density at radius 1 is 0.737 bits per heavy atom. The van der Waals surface area contributed by atoms with Crippen molar-refractivity contribution in [2.24, 2.45) is 11.8 Å². The van der Waals surface area contributed by atoms with Gasteiger partial charge in [0.2, 0.25) is 0 Å². The molecule has 122 valence electrons. The minimum Gasteiger partial charge on any atom is -0.385 e. The quantitative estimate of drug-likeness (QED) is 0.632. The molecule has 0 rings (SSSR count). The largest absolute Gasteiger partial charge is 0.385 e. The molecular weight excluding hydrogens is 236 g/mol. The Kier molecular flexibility index (Phi) is 44.1. The van der Waals surface area contributed by atoms with Crippen LogP contribution in [-0.4, -0.2) is 27.4 Å². The molecule has 0 unspecified atom stereocenters. The van der Waals surface area contributed by atoms with Gasteiger partial charge in [-0.25, -0.2) is 0 Å². The summed E-state index contributed by atoms with van der Waals surface area (Å²) in [5, 5.41) is 0. The van der Waals surface area contributed by atoms with E-state index in [2.05, 4.69) is 55.4 Å². The highest BCUT2D eigenvalue weighted by Crippen LogP contribution is 1.93. The molecule has 0 N–H and O–H groups in total. The Bertz CT molecular complexity index is 99.4. The lowest BCUT2D eigenvalue weighted by Gasteiger charge is -1.97. The Morgan fingerprint density at radius 3 is 1.11 bits per heavy atom. The molecule has 0 aliphatic rings. The molecule has 2 heteroatoms. The van der Waals surface area contributed by atoms with Crippen LogP contribution < -0.4 is 0 Å². The fourth-order valence-corrected chi connectivity index (χ4v) is 0.537. The molecule has 0 amide bonds. The highest BCUT2D eigenvalue weighted by molar-refractivity contribution is 4.35. The molecular formula is C17H42O2. The third-order valence-corrected chi connectivity index (χ3v) is 1.72. The van der Waals surface area contributed by atoms with E-state index < -0.39 is 0 Å². The van der Waals surface area contributed by atoms with Crippen molar-refractivity contribution in [3.8, 4) is 0 Å². The summed E-state index contributed by atoms with van der Waals surface area (Å²) in [5.41, 5.74) is 0. The minimum atomic E-state index is 0.676. The molecule has 0 bridgehead atoms. The molecule has 0 saturated carbocycles. The van der Waals surface area contributed by atoms with Crippen LogP contribution >= 0.6 is 0 Å². The van der Waals surface area contributed by atoms with Gasteiger partial charge in [0.25, 0.3) is 0 Å². The first-order valence-corrected chi connectivity index (χ1v) is 7.85. The van der Waals surface area contributed by atoms with Gasteiger partial charge in [0.1, 0.15) is 0 Å². The molecule has 0 atom stereocenters. The first-order chi connectivity index (χ1) is 8.87. The van der Waals surface area contributed by atoms with E-state index in [1.807, 2.05) is 0 Å². The summed E-state index contributed by atoms with van der Waals surface area (Å²) >= 11 is 0. The summed E-state index contributed by atoms with van der Waals surface area (Å²) < 4.78 is 9.49. The molecule has 0 saturated heterocycles. The zero-order valence-corrected chi connectivity index (χ0v) is 15.5. The van der Waals surface area contributed by atoms with Crippen molar-refractivity contribution in [1.29, 1.82) is 0 Å². The second-order valence-corrected chi connectivity index (χ2v) is 5.35. The topological polar surface area (TPSA) is 18.5 Å². The Balaban J connectivity index is -0.0000000811. The van der Waals surface area contributed by atoms with Gasteiger partial charge in [-0.1, -0.05) is 68.2 Å². The van der Waals surface area contributed by atoms with Crippen molar-refractivity contribution in [2.75, 3.05) is 27.4 Å². The van der Waals surface area contributed by atoms with E-state index in [1.165, 1.54) is 12.8 Å². The van der Waals surface area contributed by atoms with Gasteiger partial charge in [0, 0.05) is 27.4 Å². The van der Waals surface area contributed by atoms with Crippen molar-refractivity contribution in [3.63, 3.8) is 0 Å². The number of rotatable bonds is 5. The van der Waals surface area contributed by atoms with Crippen LogP contribution in [0.1, 0.15) is 74.7 Å². The molecule has 0 aromatic carbocycles. The summed E-state index contributed by atoms with van der Waals surface area (Å²) in [4.78, 5) is 0. The average Bonchev–Trinajstić information content (AvgIpc) is 2.32. The molecule has 0 heterocycles. The van der Waals surface area contributed by atoms with Gasteiger partial charge in [0.15, 0.2) is 0 Å². The first kappa shape index (κ1) is 27.3. The van der Waals surface area contributed by atoms with Gasteiger partial charge in [-0.05, 0) is 18.3 Å². The number of methoxy groups -OCH3 is 2. The van der Waals surface area contributed by atoms with E-state index in [-0.39, 0.29) is 0 Å². The Morgan fingerprint density at radius 2 is 1.11 bits per heavy atom. The zero-order chi connectivity index (χ0) is 16.1. The molecule has 0 spiro atoms. The smallest absolute Gasteiger partial charge is 0.0485 e. The third kappa shape index (κ3) is 94.8. The maximum Gasteiger partial charge on any atom is 0.0485 e. The standard InChI is InChI=1S/C5H12O.C5H12.C4H10O.C3H8/c1-5(2)4-6-3;1-4-5(2)3;1-3-4-5-2;1-3-2/h5H,4H2,1-3H3;5H,4H2,1-3H3;3-4H2,1-2H3;3H2,1-2H3. The molecule has 19 heavy (non-hydrogen) atoms. The lowest BCUT2D eigenvalue weighted by atomic mass is 10.2. The van der Waals surface area contributed by atoms with Crippen LogP contribution in [0, 0.1) is 11.8 Å². The van der Waals surface area contributed by atoms with Crippen molar-refractivity contribution in [2.45, 2.75) is 74.7 Å². The molecule has 0 aromatic heterocycles. The second kappa shape index (κ2) is 30.7. The van der Waals surface area contributed by atoms with Crippen LogP contribution in [0.15, 0.2) is 0 Å². The lowest BCUT2D eigenvalue weighted by Crippen LogP contribution is -1.96. The molecule has 0 fully saturated rings. The summed E-state index contributed by atoms with van der Waals surface area (Å²) in [6, 6.07) is 0. The second-order valence-electron chi connectivity index (χ2n) is 5.35. The summed E-state index contributed by atoms with van der Waals surface area (Å²) in [5.74, 6) is 1.56. The number of ether oxygens (including phenoxy) is 2. The van der Waals surface area contributed by atoms with E-state index >= 15 is 0 Å². The lowest BCUT2D eigenvalue weighted by molar-refractivity contribution is 0.167. The van der Waals surface area contributed by atoms with Gasteiger partial charge in [0.05, 0.1) is 0 Å². The molecule has 2 nitrogen and oxygen atoms in total. The predicted octanol–water partition coefficient (Wildman–Crippen LogP) is 5.80. The van der Waals surface area contributed by atoms with Crippen molar-refractivity contribution in [3.05, 3.63) is 0 Å². The fraction of sp³-hybridized carbons (Fsp3) is 1.00. The van der Waals surface area contributed by atoms with E-state index in [0.29, 0.717) is 5.92 Å². The van der Waals surface area contributed by atoms with E-state index in [1.54, 1.807) is 14.2 Å². The summed E-state index contributed by atoms with van der Waals surface area (Å²) in [6.45, 7) is 19.0. The fourth-order valence-electron chi connectivity index (χ4n) is 0.537. The summed E-state index contributed by atoms with van der Waals surface area (Å²) in [6.07, 6.45) is 3.68. The number of hydrogen-bond donors (Lipinski definition) is 0. The highest BCUT2D eigenvalue weighted by atomic mass is 16.5. The molecule has 0 aliphatic heterocycles. The highest BCUT2D eigenvalue weighted by Gasteiger charge is 1.85. The van der Waals surface area contributed by atoms with Gasteiger partial charge < -0.3 is 9.47 Å². The maximum absolute atomic E-state index is 4.80. The molecule has 0 radical (unpaired) electrons. The van der Waals surface area contributed by atoms with Crippen LogP contribution in [0.25, 0.3) is 0 Å². The van der Waals surface area contributed by atoms with E-state index in [9.17, 15) is 0 Å². The maximum atomic E-state index is 4.80. The minimum absolute atomic E-state index is 0.676. The monoisotopic (exact) mass is 278 g/mol.